The van der Waals surface area contributed by atoms with Crippen LogP contribution >= 0.6 is 0 Å². The van der Waals surface area contributed by atoms with E-state index in [9.17, 15) is 4.79 Å². The van der Waals surface area contributed by atoms with E-state index in [1.165, 1.54) is 11.1 Å². The number of amides is 1. The third kappa shape index (κ3) is 4.21. The smallest absolute Gasteiger partial charge is 0.224 e. The number of carbonyl (C=O) groups is 1. The molecular weight excluding hydrogens is 266 g/mol. The highest BCUT2D eigenvalue weighted by Gasteiger charge is 2.24. The summed E-state index contributed by atoms with van der Waals surface area (Å²) in [7, 11) is 1.62. The number of piperidine rings is 1. The number of hydrogen-bond donors (Lipinski definition) is 0. The summed E-state index contributed by atoms with van der Waals surface area (Å²) in [6, 6.07) is 6.20. The van der Waals surface area contributed by atoms with Crippen LogP contribution in [0.4, 0.5) is 0 Å². The SMILES string of the molecule is COCCC(=O)N1CCC(Oc2c(C)cccc2C)CC1. The first-order valence-electron chi connectivity index (χ1n) is 7.61. The molecule has 1 fully saturated rings. The van der Waals surface area contributed by atoms with Crippen LogP contribution < -0.4 is 4.74 Å². The number of carbonyl (C=O) groups excluding carboxylic acids is 1. The molecule has 1 aliphatic rings. The van der Waals surface area contributed by atoms with Crippen molar-refractivity contribution in [3.63, 3.8) is 0 Å². The first kappa shape index (κ1) is 15.8. The summed E-state index contributed by atoms with van der Waals surface area (Å²) in [5, 5.41) is 0. The van der Waals surface area contributed by atoms with Crippen LogP contribution in [0.2, 0.25) is 0 Å². The third-order valence-electron chi connectivity index (χ3n) is 4.01. The van der Waals surface area contributed by atoms with E-state index in [0.29, 0.717) is 13.0 Å². The molecule has 0 aromatic heterocycles. The average molecular weight is 291 g/mol. The topological polar surface area (TPSA) is 38.8 Å². The van der Waals surface area contributed by atoms with E-state index in [-0.39, 0.29) is 12.0 Å². The predicted molar refractivity (Wildman–Crippen MR) is 82.6 cm³/mol. The molecule has 0 radical (unpaired) electrons. The molecule has 1 amide bonds. The summed E-state index contributed by atoms with van der Waals surface area (Å²) >= 11 is 0. The standard InChI is InChI=1S/C17H25NO3/c1-13-5-4-6-14(2)17(13)21-15-7-10-18(11-8-15)16(19)9-12-20-3/h4-6,15H,7-12H2,1-3H3. The molecule has 1 aromatic carbocycles. The number of ether oxygens (including phenoxy) is 2. The van der Waals surface area contributed by atoms with Crippen LogP contribution in [-0.2, 0) is 9.53 Å². The van der Waals surface area contributed by atoms with Crippen molar-refractivity contribution in [2.75, 3.05) is 26.8 Å². The number of para-hydroxylation sites is 1. The van der Waals surface area contributed by atoms with Crippen molar-refractivity contribution in [2.45, 2.75) is 39.2 Å². The largest absolute Gasteiger partial charge is 0.490 e. The molecule has 2 rings (SSSR count). The summed E-state index contributed by atoms with van der Waals surface area (Å²) in [5.41, 5.74) is 2.35. The highest BCUT2D eigenvalue weighted by Crippen LogP contribution is 2.26. The number of hydrogen-bond acceptors (Lipinski definition) is 3. The zero-order valence-electron chi connectivity index (χ0n) is 13.2. The van der Waals surface area contributed by atoms with Gasteiger partial charge in [-0.1, -0.05) is 18.2 Å². The van der Waals surface area contributed by atoms with Crippen molar-refractivity contribution >= 4 is 5.91 Å². The lowest BCUT2D eigenvalue weighted by Crippen LogP contribution is -2.42. The van der Waals surface area contributed by atoms with E-state index < -0.39 is 0 Å². The quantitative estimate of drug-likeness (QED) is 0.837. The molecule has 21 heavy (non-hydrogen) atoms. The number of benzene rings is 1. The van der Waals surface area contributed by atoms with Gasteiger partial charge in [0, 0.05) is 33.0 Å². The van der Waals surface area contributed by atoms with Gasteiger partial charge < -0.3 is 14.4 Å². The maximum absolute atomic E-state index is 11.9. The van der Waals surface area contributed by atoms with Crippen molar-refractivity contribution in [2.24, 2.45) is 0 Å². The average Bonchev–Trinajstić information content (AvgIpc) is 2.49. The van der Waals surface area contributed by atoms with Crippen molar-refractivity contribution < 1.29 is 14.3 Å². The molecule has 4 heteroatoms. The summed E-state index contributed by atoms with van der Waals surface area (Å²) in [6.07, 6.45) is 2.47. The summed E-state index contributed by atoms with van der Waals surface area (Å²) < 4.78 is 11.1. The molecule has 0 N–H and O–H groups in total. The first-order valence-corrected chi connectivity index (χ1v) is 7.61. The van der Waals surface area contributed by atoms with Crippen molar-refractivity contribution in [1.29, 1.82) is 0 Å². The van der Waals surface area contributed by atoms with Gasteiger partial charge in [0.2, 0.25) is 5.91 Å². The lowest BCUT2D eigenvalue weighted by atomic mass is 10.1. The number of methoxy groups -OCH3 is 1. The molecule has 1 aliphatic heterocycles. The monoisotopic (exact) mass is 291 g/mol. The molecule has 1 aromatic rings. The molecule has 0 saturated carbocycles. The van der Waals surface area contributed by atoms with E-state index in [1.807, 2.05) is 4.90 Å². The summed E-state index contributed by atoms with van der Waals surface area (Å²) in [5.74, 6) is 1.18. The van der Waals surface area contributed by atoms with Gasteiger partial charge in [0.15, 0.2) is 0 Å². The number of aryl methyl sites for hydroxylation is 2. The Labute approximate surface area is 127 Å². The molecule has 0 spiro atoms. The Balaban J connectivity index is 1.86. The Morgan fingerprint density at radius 3 is 2.43 bits per heavy atom. The Morgan fingerprint density at radius 1 is 1.24 bits per heavy atom. The maximum Gasteiger partial charge on any atom is 0.224 e. The fraction of sp³-hybridized carbons (Fsp3) is 0.588. The fourth-order valence-electron chi connectivity index (χ4n) is 2.72. The van der Waals surface area contributed by atoms with Gasteiger partial charge in [-0.2, -0.15) is 0 Å². The molecule has 0 aliphatic carbocycles. The number of likely N-dealkylation sites (tertiary alicyclic amines) is 1. The minimum Gasteiger partial charge on any atom is -0.490 e. The van der Waals surface area contributed by atoms with Crippen LogP contribution in [0.1, 0.15) is 30.4 Å². The Kier molecular flexibility index (Phi) is 5.62. The highest BCUT2D eigenvalue weighted by molar-refractivity contribution is 5.76. The van der Waals surface area contributed by atoms with Crippen LogP contribution in [-0.4, -0.2) is 43.7 Å². The lowest BCUT2D eigenvalue weighted by Gasteiger charge is -2.32. The normalized spacial score (nSPS) is 16.0. The maximum atomic E-state index is 11.9. The Hall–Kier alpha value is -1.55. The molecular formula is C17H25NO3. The van der Waals surface area contributed by atoms with Gasteiger partial charge in [-0.05, 0) is 25.0 Å². The number of rotatable bonds is 5. The predicted octanol–water partition coefficient (Wildman–Crippen LogP) is 2.71. The summed E-state index contributed by atoms with van der Waals surface area (Å²) in [4.78, 5) is 13.9. The second kappa shape index (κ2) is 7.46. The van der Waals surface area contributed by atoms with Crippen LogP contribution in [0.5, 0.6) is 5.75 Å². The molecule has 0 unspecified atom stereocenters. The second-order valence-corrected chi connectivity index (χ2v) is 5.66. The first-order chi connectivity index (χ1) is 10.1. The van der Waals surface area contributed by atoms with Gasteiger partial charge in [0.25, 0.3) is 0 Å². The van der Waals surface area contributed by atoms with Crippen LogP contribution in [0, 0.1) is 13.8 Å². The lowest BCUT2D eigenvalue weighted by molar-refractivity contribution is -0.133. The third-order valence-corrected chi connectivity index (χ3v) is 4.01. The van der Waals surface area contributed by atoms with E-state index in [0.717, 1.165) is 31.7 Å². The van der Waals surface area contributed by atoms with Gasteiger partial charge in [-0.25, -0.2) is 0 Å². The number of nitrogens with zero attached hydrogens (tertiary/aromatic N) is 1. The molecule has 4 nitrogen and oxygen atoms in total. The van der Waals surface area contributed by atoms with E-state index in [1.54, 1.807) is 7.11 Å². The van der Waals surface area contributed by atoms with Crippen molar-refractivity contribution in [1.82, 2.24) is 4.90 Å². The zero-order valence-corrected chi connectivity index (χ0v) is 13.2. The van der Waals surface area contributed by atoms with Gasteiger partial charge in [0.1, 0.15) is 11.9 Å². The molecule has 1 saturated heterocycles. The van der Waals surface area contributed by atoms with Gasteiger partial charge >= 0.3 is 0 Å². The molecule has 1 heterocycles. The highest BCUT2D eigenvalue weighted by atomic mass is 16.5. The molecule has 0 bridgehead atoms. The molecule has 116 valence electrons. The van der Waals surface area contributed by atoms with Gasteiger partial charge in [-0.3, -0.25) is 4.79 Å². The molecule has 0 atom stereocenters. The Morgan fingerprint density at radius 2 is 1.86 bits per heavy atom. The second-order valence-electron chi connectivity index (χ2n) is 5.66. The Bertz CT molecular complexity index is 459. The minimum atomic E-state index is 0.183. The zero-order chi connectivity index (χ0) is 15.2. The van der Waals surface area contributed by atoms with Crippen molar-refractivity contribution in [3.8, 4) is 5.75 Å². The van der Waals surface area contributed by atoms with E-state index in [2.05, 4.69) is 32.0 Å². The van der Waals surface area contributed by atoms with Gasteiger partial charge in [-0.15, -0.1) is 0 Å². The summed E-state index contributed by atoms with van der Waals surface area (Å²) in [6.45, 7) is 6.20. The van der Waals surface area contributed by atoms with E-state index in [4.69, 9.17) is 9.47 Å². The van der Waals surface area contributed by atoms with Crippen LogP contribution in [0.3, 0.4) is 0 Å². The van der Waals surface area contributed by atoms with Crippen LogP contribution in [0.15, 0.2) is 18.2 Å². The minimum absolute atomic E-state index is 0.183. The van der Waals surface area contributed by atoms with Crippen molar-refractivity contribution in [3.05, 3.63) is 29.3 Å². The van der Waals surface area contributed by atoms with Crippen LogP contribution in [0.25, 0.3) is 0 Å². The van der Waals surface area contributed by atoms with E-state index >= 15 is 0 Å². The fourth-order valence-corrected chi connectivity index (χ4v) is 2.72. The van der Waals surface area contributed by atoms with Gasteiger partial charge in [0.05, 0.1) is 13.0 Å².